The van der Waals surface area contributed by atoms with E-state index in [0.717, 1.165) is 23.8 Å². The molecule has 2 amide bonds. The van der Waals surface area contributed by atoms with Gasteiger partial charge in [0.15, 0.2) is 0 Å². The number of hydrogen-bond donors (Lipinski definition) is 1. The number of carbonyl (C=O) groups excluding carboxylic acids is 1. The first-order valence-corrected chi connectivity index (χ1v) is 6.66. The van der Waals surface area contributed by atoms with Crippen molar-refractivity contribution in [3.05, 3.63) is 41.6 Å². The van der Waals surface area contributed by atoms with Crippen molar-refractivity contribution in [3.8, 4) is 0 Å². The maximum absolute atomic E-state index is 11.8. The highest BCUT2D eigenvalue weighted by atomic mass is 35.5. The van der Waals surface area contributed by atoms with Crippen LogP contribution in [0.4, 0.5) is 10.5 Å². The highest BCUT2D eigenvalue weighted by molar-refractivity contribution is 6.30. The molecule has 2 rings (SSSR count). The third kappa shape index (κ3) is 3.64. The molecular weight excluding hydrogens is 262 g/mol. The summed E-state index contributed by atoms with van der Waals surface area (Å²) in [6.07, 6.45) is 0. The van der Waals surface area contributed by atoms with Gasteiger partial charge in [-0.1, -0.05) is 24.2 Å². The van der Waals surface area contributed by atoms with Crippen LogP contribution in [0.3, 0.4) is 0 Å². The van der Waals surface area contributed by atoms with Crippen LogP contribution >= 0.6 is 11.6 Å². The minimum atomic E-state index is -0.0711. The van der Waals surface area contributed by atoms with Crippen molar-refractivity contribution >= 4 is 23.3 Å². The molecule has 0 aliphatic carbocycles. The quantitative estimate of drug-likeness (QED) is 0.903. The van der Waals surface area contributed by atoms with E-state index in [1.807, 2.05) is 24.3 Å². The van der Waals surface area contributed by atoms with E-state index < -0.39 is 0 Å². The van der Waals surface area contributed by atoms with Crippen molar-refractivity contribution in [2.24, 2.45) is 0 Å². The summed E-state index contributed by atoms with van der Waals surface area (Å²) >= 11 is 5.99. The second-order valence-electron chi connectivity index (χ2n) is 4.66. The predicted molar refractivity (Wildman–Crippen MR) is 78.6 cm³/mol. The highest BCUT2D eigenvalue weighted by Gasteiger charge is 2.21. The van der Waals surface area contributed by atoms with Crippen LogP contribution in [0, 0.1) is 0 Å². The fraction of sp³-hybridized carbons (Fsp3) is 0.357. The van der Waals surface area contributed by atoms with Crippen LogP contribution in [0.1, 0.15) is 6.92 Å². The molecule has 102 valence electrons. The lowest BCUT2D eigenvalue weighted by atomic mass is 10.2. The summed E-state index contributed by atoms with van der Waals surface area (Å²) in [7, 11) is 0. The van der Waals surface area contributed by atoms with Crippen molar-refractivity contribution in [1.82, 2.24) is 10.2 Å². The van der Waals surface area contributed by atoms with E-state index in [4.69, 9.17) is 11.6 Å². The second-order valence-corrected chi connectivity index (χ2v) is 5.10. The second kappa shape index (κ2) is 5.97. The Bertz CT molecular complexity index is 481. The number of rotatable bonds is 2. The van der Waals surface area contributed by atoms with Gasteiger partial charge in [-0.05, 0) is 25.1 Å². The third-order valence-corrected chi connectivity index (χ3v) is 3.30. The summed E-state index contributed by atoms with van der Waals surface area (Å²) < 4.78 is 0. The van der Waals surface area contributed by atoms with E-state index in [1.54, 1.807) is 11.8 Å². The van der Waals surface area contributed by atoms with E-state index in [0.29, 0.717) is 18.8 Å². The number of piperazine rings is 1. The Morgan fingerprint density at radius 1 is 1.32 bits per heavy atom. The molecule has 4 nitrogen and oxygen atoms in total. The average molecular weight is 280 g/mol. The molecular formula is C14H18ClN3O. The van der Waals surface area contributed by atoms with Crippen LogP contribution in [-0.2, 0) is 0 Å². The van der Waals surface area contributed by atoms with Gasteiger partial charge in [0, 0.05) is 42.6 Å². The molecule has 0 atom stereocenters. The van der Waals surface area contributed by atoms with Crippen molar-refractivity contribution < 1.29 is 4.79 Å². The molecule has 1 aromatic rings. The number of urea groups is 1. The number of carbonyl (C=O) groups is 1. The molecule has 0 bridgehead atoms. The van der Waals surface area contributed by atoms with Crippen LogP contribution in [0.5, 0.6) is 0 Å². The topological polar surface area (TPSA) is 35.6 Å². The number of benzene rings is 1. The zero-order chi connectivity index (χ0) is 13.8. The monoisotopic (exact) mass is 279 g/mol. The van der Waals surface area contributed by atoms with Gasteiger partial charge in [0.05, 0.1) is 0 Å². The highest BCUT2D eigenvalue weighted by Crippen LogP contribution is 2.20. The zero-order valence-electron chi connectivity index (χ0n) is 11.0. The van der Waals surface area contributed by atoms with E-state index in [1.165, 1.54) is 0 Å². The summed E-state index contributed by atoms with van der Waals surface area (Å²) in [4.78, 5) is 15.9. The van der Waals surface area contributed by atoms with Crippen LogP contribution in [0.2, 0.25) is 5.02 Å². The molecule has 0 spiro atoms. The summed E-state index contributed by atoms with van der Waals surface area (Å²) in [5, 5.41) is 3.47. The fourth-order valence-electron chi connectivity index (χ4n) is 2.10. The maximum Gasteiger partial charge on any atom is 0.321 e. The Morgan fingerprint density at radius 3 is 2.58 bits per heavy atom. The predicted octanol–water partition coefficient (Wildman–Crippen LogP) is 2.71. The number of allylic oxidation sites excluding steroid dienone is 1. The van der Waals surface area contributed by atoms with Gasteiger partial charge in [-0.15, -0.1) is 0 Å². The van der Waals surface area contributed by atoms with Crippen LogP contribution in [-0.4, -0.2) is 37.1 Å². The first-order valence-electron chi connectivity index (χ1n) is 6.28. The molecule has 1 aliphatic heterocycles. The van der Waals surface area contributed by atoms with Crippen LogP contribution in [0.15, 0.2) is 36.5 Å². The number of nitrogens with zero attached hydrogens (tertiary/aromatic N) is 2. The minimum Gasteiger partial charge on any atom is -0.368 e. The van der Waals surface area contributed by atoms with E-state index in [-0.39, 0.29) is 6.03 Å². The summed E-state index contributed by atoms with van der Waals surface area (Å²) in [6, 6.07) is 7.72. The molecule has 0 saturated carbocycles. The molecule has 19 heavy (non-hydrogen) atoms. The third-order valence-electron chi connectivity index (χ3n) is 3.06. The van der Waals surface area contributed by atoms with Crippen molar-refractivity contribution in [2.75, 3.05) is 31.1 Å². The first-order chi connectivity index (χ1) is 9.06. The van der Waals surface area contributed by atoms with Gasteiger partial charge in [-0.3, -0.25) is 0 Å². The van der Waals surface area contributed by atoms with Gasteiger partial charge in [-0.2, -0.15) is 0 Å². The standard InChI is InChI=1S/C14H18ClN3O/c1-11(2)16-14(19)18-8-6-17(7-9-18)13-5-3-4-12(15)10-13/h3-5,10H,1,6-9H2,2H3,(H,16,19). The molecule has 0 aromatic heterocycles. The molecule has 0 unspecified atom stereocenters. The summed E-state index contributed by atoms with van der Waals surface area (Å²) in [5.74, 6) is 0. The lowest BCUT2D eigenvalue weighted by Gasteiger charge is -2.36. The first kappa shape index (κ1) is 13.7. The van der Waals surface area contributed by atoms with Gasteiger partial charge < -0.3 is 15.1 Å². The van der Waals surface area contributed by atoms with Gasteiger partial charge in [-0.25, -0.2) is 4.79 Å². The SMILES string of the molecule is C=C(C)NC(=O)N1CCN(c2cccc(Cl)c2)CC1. The van der Waals surface area contributed by atoms with Gasteiger partial charge in [0.2, 0.25) is 0 Å². The fourth-order valence-corrected chi connectivity index (χ4v) is 2.29. The normalized spacial score (nSPS) is 15.3. The molecule has 1 N–H and O–H groups in total. The Labute approximate surface area is 118 Å². The number of anilines is 1. The van der Waals surface area contributed by atoms with Gasteiger partial charge >= 0.3 is 6.03 Å². The molecule has 0 radical (unpaired) electrons. The van der Waals surface area contributed by atoms with Gasteiger partial charge in [0.25, 0.3) is 0 Å². The van der Waals surface area contributed by atoms with Gasteiger partial charge in [0.1, 0.15) is 0 Å². The molecule has 1 aliphatic rings. The maximum atomic E-state index is 11.8. The Hall–Kier alpha value is -1.68. The molecule has 1 heterocycles. The van der Waals surface area contributed by atoms with Crippen molar-refractivity contribution in [1.29, 1.82) is 0 Å². The Balaban J connectivity index is 1.92. The number of halogens is 1. The lowest BCUT2D eigenvalue weighted by Crippen LogP contribution is -2.51. The molecule has 1 aromatic carbocycles. The Kier molecular flexibility index (Phi) is 4.32. The molecule has 1 fully saturated rings. The lowest BCUT2D eigenvalue weighted by molar-refractivity contribution is 0.197. The van der Waals surface area contributed by atoms with Crippen LogP contribution < -0.4 is 10.2 Å². The van der Waals surface area contributed by atoms with Crippen LogP contribution in [0.25, 0.3) is 0 Å². The molecule has 5 heteroatoms. The largest absolute Gasteiger partial charge is 0.368 e. The Morgan fingerprint density at radius 2 is 2.00 bits per heavy atom. The zero-order valence-corrected chi connectivity index (χ0v) is 11.8. The van der Waals surface area contributed by atoms with E-state index in [2.05, 4.69) is 16.8 Å². The summed E-state index contributed by atoms with van der Waals surface area (Å²) in [6.45, 7) is 8.48. The smallest absolute Gasteiger partial charge is 0.321 e. The van der Waals surface area contributed by atoms with Crippen molar-refractivity contribution in [3.63, 3.8) is 0 Å². The summed E-state index contributed by atoms with van der Waals surface area (Å²) in [5.41, 5.74) is 1.77. The van der Waals surface area contributed by atoms with Crippen molar-refractivity contribution in [2.45, 2.75) is 6.92 Å². The number of hydrogen-bond acceptors (Lipinski definition) is 2. The van der Waals surface area contributed by atoms with E-state index >= 15 is 0 Å². The number of amides is 2. The van der Waals surface area contributed by atoms with E-state index in [9.17, 15) is 4.79 Å². The number of nitrogens with one attached hydrogen (secondary N) is 1. The minimum absolute atomic E-state index is 0.0711. The molecule has 1 saturated heterocycles. The average Bonchev–Trinajstić information content (AvgIpc) is 2.38.